The van der Waals surface area contributed by atoms with E-state index in [-0.39, 0.29) is 0 Å². The minimum absolute atomic E-state index is 0.688. The number of thiophene rings is 1. The Morgan fingerprint density at radius 3 is 3.13 bits per heavy atom. The van der Waals surface area contributed by atoms with Crippen molar-refractivity contribution in [1.29, 1.82) is 0 Å². The van der Waals surface area contributed by atoms with Crippen LogP contribution in [0.5, 0.6) is 0 Å². The number of fused-ring (bicyclic) bond motifs is 3. The zero-order chi connectivity index (χ0) is 10.4. The fourth-order valence-electron chi connectivity index (χ4n) is 2.14. The van der Waals surface area contributed by atoms with E-state index in [9.17, 15) is 0 Å². The van der Waals surface area contributed by atoms with E-state index < -0.39 is 0 Å². The molecule has 76 valence electrons. The summed E-state index contributed by atoms with van der Waals surface area (Å²) in [6, 6.07) is 6.62. The lowest BCUT2D eigenvalue weighted by Gasteiger charge is -2.11. The molecule has 0 spiro atoms. The van der Waals surface area contributed by atoms with Crippen LogP contribution in [0.4, 0.5) is 0 Å². The van der Waals surface area contributed by atoms with E-state index in [4.69, 9.17) is 0 Å². The highest BCUT2D eigenvalue weighted by Gasteiger charge is 2.16. The number of hydrogen-bond donors (Lipinski definition) is 0. The molecule has 1 atom stereocenters. The van der Waals surface area contributed by atoms with Gasteiger partial charge >= 0.3 is 0 Å². The Hall–Kier alpha value is -0.350. The van der Waals surface area contributed by atoms with Crippen molar-refractivity contribution in [3.8, 4) is 0 Å². The van der Waals surface area contributed by atoms with E-state index >= 15 is 0 Å². The van der Waals surface area contributed by atoms with Crippen molar-refractivity contribution in [1.82, 2.24) is 0 Å². The third kappa shape index (κ3) is 1.54. The van der Waals surface area contributed by atoms with Gasteiger partial charge in [-0.3, -0.25) is 0 Å². The topological polar surface area (TPSA) is 0 Å². The normalized spacial score (nSPS) is 19.5. The van der Waals surface area contributed by atoms with Gasteiger partial charge in [-0.15, -0.1) is 11.3 Å². The van der Waals surface area contributed by atoms with Gasteiger partial charge in [0.15, 0.2) is 0 Å². The first-order valence-electron chi connectivity index (χ1n) is 5.14. The number of halogens is 1. The Morgan fingerprint density at radius 2 is 2.27 bits per heavy atom. The van der Waals surface area contributed by atoms with Crippen molar-refractivity contribution in [3.05, 3.63) is 38.3 Å². The molecule has 0 amide bonds. The number of hydrogen-bond acceptors (Lipinski definition) is 1. The highest BCUT2D eigenvalue weighted by Crippen LogP contribution is 2.38. The average molecular weight is 326 g/mol. The summed E-state index contributed by atoms with van der Waals surface area (Å²) in [5.41, 5.74) is 1.56. The van der Waals surface area contributed by atoms with E-state index in [1.165, 1.54) is 25.0 Å². The summed E-state index contributed by atoms with van der Waals surface area (Å²) in [5, 5.41) is 1.47. The van der Waals surface area contributed by atoms with Gasteiger partial charge in [-0.1, -0.05) is 25.1 Å². The fourth-order valence-corrected chi connectivity index (χ4v) is 4.12. The van der Waals surface area contributed by atoms with Crippen molar-refractivity contribution >= 4 is 50.1 Å². The monoisotopic (exact) mass is 326 g/mol. The summed E-state index contributed by atoms with van der Waals surface area (Å²) in [5.74, 6) is 0.688. The van der Waals surface area contributed by atoms with Crippen LogP contribution in [-0.2, 0) is 6.42 Å². The molecule has 0 radical (unpaired) electrons. The molecule has 0 saturated heterocycles. The van der Waals surface area contributed by atoms with Gasteiger partial charge in [0, 0.05) is 13.1 Å². The zero-order valence-corrected chi connectivity index (χ0v) is 11.4. The SMILES string of the molecule is CC1C=Cc2sc3c(I)cccc3c2C1. The standard InChI is InChI=1S/C13H11IS/c1-8-5-6-12-10(7-8)9-3-2-4-11(14)13(9)15-12/h2-6,8H,7H2,1H3. The molecule has 0 nitrogen and oxygen atoms in total. The third-order valence-corrected chi connectivity index (χ3v) is 5.42. The summed E-state index contributed by atoms with van der Waals surface area (Å²) in [6.45, 7) is 2.29. The first kappa shape index (κ1) is 9.85. The van der Waals surface area contributed by atoms with E-state index in [1.807, 2.05) is 11.3 Å². The maximum atomic E-state index is 2.43. The van der Waals surface area contributed by atoms with E-state index in [0.717, 1.165) is 0 Å². The van der Waals surface area contributed by atoms with Crippen LogP contribution in [0.1, 0.15) is 17.4 Å². The maximum absolute atomic E-state index is 2.43. The molecule has 1 aromatic heterocycles. The highest BCUT2D eigenvalue weighted by atomic mass is 127. The Kier molecular flexibility index (Phi) is 2.36. The van der Waals surface area contributed by atoms with Crippen LogP contribution in [-0.4, -0.2) is 0 Å². The Balaban J connectivity index is 2.35. The van der Waals surface area contributed by atoms with Gasteiger partial charge in [0.25, 0.3) is 0 Å². The molecule has 0 N–H and O–H groups in total. The predicted octanol–water partition coefficient (Wildman–Crippen LogP) is 4.71. The summed E-state index contributed by atoms with van der Waals surface area (Å²) in [6.07, 6.45) is 5.82. The summed E-state index contributed by atoms with van der Waals surface area (Å²) in [7, 11) is 0. The molecule has 1 aromatic carbocycles. The van der Waals surface area contributed by atoms with Crippen LogP contribution in [0.3, 0.4) is 0 Å². The quantitative estimate of drug-likeness (QED) is 0.615. The molecule has 0 aliphatic heterocycles. The van der Waals surface area contributed by atoms with Gasteiger partial charge < -0.3 is 0 Å². The van der Waals surface area contributed by atoms with Crippen LogP contribution < -0.4 is 0 Å². The lowest BCUT2D eigenvalue weighted by Crippen LogP contribution is -2.00. The first-order chi connectivity index (χ1) is 7.25. The van der Waals surface area contributed by atoms with E-state index in [0.29, 0.717) is 5.92 Å². The van der Waals surface area contributed by atoms with Crippen LogP contribution in [0.15, 0.2) is 24.3 Å². The molecule has 1 unspecified atom stereocenters. The van der Waals surface area contributed by atoms with Gasteiger partial charge in [0.1, 0.15) is 0 Å². The lowest BCUT2D eigenvalue weighted by molar-refractivity contribution is 0.724. The zero-order valence-electron chi connectivity index (χ0n) is 8.46. The molecule has 15 heavy (non-hydrogen) atoms. The van der Waals surface area contributed by atoms with Gasteiger partial charge in [-0.05, 0) is 58.0 Å². The summed E-state index contributed by atoms with van der Waals surface area (Å²) in [4.78, 5) is 1.47. The Morgan fingerprint density at radius 1 is 1.40 bits per heavy atom. The number of rotatable bonds is 0. The molecular formula is C13H11IS. The van der Waals surface area contributed by atoms with E-state index in [2.05, 4.69) is 59.9 Å². The Bertz CT molecular complexity index is 551. The van der Waals surface area contributed by atoms with Crippen LogP contribution in [0.2, 0.25) is 0 Å². The lowest BCUT2D eigenvalue weighted by atomic mass is 9.94. The second kappa shape index (κ2) is 3.59. The molecule has 0 saturated carbocycles. The molecular weight excluding hydrogens is 315 g/mol. The fraction of sp³-hybridized carbons (Fsp3) is 0.231. The number of allylic oxidation sites excluding steroid dienone is 1. The molecule has 2 heteroatoms. The van der Waals surface area contributed by atoms with Crippen LogP contribution in [0, 0.1) is 9.49 Å². The third-order valence-electron chi connectivity index (χ3n) is 2.90. The largest absolute Gasteiger partial charge is 0.134 e. The molecule has 2 aromatic rings. The first-order valence-corrected chi connectivity index (χ1v) is 7.03. The van der Waals surface area contributed by atoms with Crippen LogP contribution in [0.25, 0.3) is 16.2 Å². The maximum Gasteiger partial charge on any atom is 0.0485 e. The molecule has 0 fully saturated rings. The van der Waals surface area contributed by atoms with Crippen molar-refractivity contribution in [2.45, 2.75) is 13.3 Å². The van der Waals surface area contributed by atoms with Crippen LogP contribution >= 0.6 is 33.9 Å². The van der Waals surface area contributed by atoms with Gasteiger partial charge in [-0.25, -0.2) is 0 Å². The van der Waals surface area contributed by atoms with Gasteiger partial charge in [0.05, 0.1) is 0 Å². The van der Waals surface area contributed by atoms with Crippen molar-refractivity contribution < 1.29 is 0 Å². The van der Waals surface area contributed by atoms with Crippen molar-refractivity contribution in [3.63, 3.8) is 0 Å². The second-order valence-corrected chi connectivity index (χ2v) is 6.32. The van der Waals surface area contributed by atoms with Gasteiger partial charge in [0.2, 0.25) is 0 Å². The minimum Gasteiger partial charge on any atom is -0.134 e. The average Bonchev–Trinajstić information content (AvgIpc) is 2.58. The van der Waals surface area contributed by atoms with Crippen molar-refractivity contribution in [2.75, 3.05) is 0 Å². The molecule has 1 heterocycles. The summed E-state index contributed by atoms with van der Waals surface area (Å²) < 4.78 is 2.84. The Labute approximate surface area is 107 Å². The smallest absolute Gasteiger partial charge is 0.0485 e. The molecule has 1 aliphatic rings. The second-order valence-electron chi connectivity index (χ2n) is 4.10. The minimum atomic E-state index is 0.688. The molecule has 1 aliphatic carbocycles. The predicted molar refractivity (Wildman–Crippen MR) is 76.4 cm³/mol. The number of benzene rings is 1. The summed E-state index contributed by atoms with van der Waals surface area (Å²) >= 11 is 4.37. The van der Waals surface area contributed by atoms with E-state index in [1.54, 1.807) is 5.56 Å². The molecule has 0 bridgehead atoms. The highest BCUT2D eigenvalue weighted by molar-refractivity contribution is 14.1. The van der Waals surface area contributed by atoms with Crippen molar-refractivity contribution in [2.24, 2.45) is 5.92 Å². The molecule has 3 rings (SSSR count). The van der Waals surface area contributed by atoms with Gasteiger partial charge in [-0.2, -0.15) is 0 Å².